The van der Waals surface area contributed by atoms with E-state index in [0.717, 1.165) is 25.7 Å². The van der Waals surface area contributed by atoms with Gasteiger partial charge in [0, 0.05) is 15.7 Å². The molecular weight excluding hydrogens is 379 g/mol. The molecule has 2 fully saturated rings. The predicted molar refractivity (Wildman–Crippen MR) is 89.4 cm³/mol. The van der Waals surface area contributed by atoms with Gasteiger partial charge in [-0.05, 0) is 72.4 Å². The molecule has 4 nitrogen and oxygen atoms in total. The number of piperidine rings is 1. The largest absolute Gasteiger partial charge is 0.469 e. The van der Waals surface area contributed by atoms with Crippen LogP contribution in [0, 0.1) is 8.99 Å². The summed E-state index contributed by atoms with van der Waals surface area (Å²) in [7, 11) is 1.49. The molecular formula is C16H21IN2O2. The van der Waals surface area contributed by atoms with E-state index in [0.29, 0.717) is 12.5 Å². The van der Waals surface area contributed by atoms with Gasteiger partial charge in [-0.1, -0.05) is 12.1 Å². The van der Waals surface area contributed by atoms with Crippen molar-refractivity contribution >= 4 is 28.6 Å². The molecule has 0 aromatic heterocycles. The SMILES string of the molecule is COC(=O)C1(Cc2ccc(I)cc2)CCC2CCC1N2N. The average molecular weight is 400 g/mol. The van der Waals surface area contributed by atoms with Crippen LogP contribution in [0.3, 0.4) is 0 Å². The van der Waals surface area contributed by atoms with Gasteiger partial charge in [0.1, 0.15) is 0 Å². The van der Waals surface area contributed by atoms with Crippen molar-refractivity contribution in [3.05, 3.63) is 33.4 Å². The Kier molecular flexibility index (Phi) is 4.25. The molecule has 2 aliphatic rings. The summed E-state index contributed by atoms with van der Waals surface area (Å²) in [4.78, 5) is 12.6. The lowest BCUT2D eigenvalue weighted by Gasteiger charge is -2.45. The number of halogens is 1. The first-order valence-corrected chi connectivity index (χ1v) is 8.50. The van der Waals surface area contributed by atoms with Gasteiger partial charge in [0.05, 0.1) is 12.5 Å². The fraction of sp³-hybridized carbons (Fsp3) is 0.562. The van der Waals surface area contributed by atoms with Crippen molar-refractivity contribution in [1.29, 1.82) is 0 Å². The number of nitrogens with zero attached hydrogens (tertiary/aromatic N) is 1. The van der Waals surface area contributed by atoms with Gasteiger partial charge in [0.25, 0.3) is 0 Å². The fourth-order valence-electron chi connectivity index (χ4n) is 4.03. The molecule has 3 unspecified atom stereocenters. The smallest absolute Gasteiger partial charge is 0.313 e. The molecule has 21 heavy (non-hydrogen) atoms. The second-order valence-corrected chi connectivity index (χ2v) is 7.43. The first-order valence-electron chi connectivity index (χ1n) is 7.43. The highest BCUT2D eigenvalue weighted by molar-refractivity contribution is 14.1. The first-order chi connectivity index (χ1) is 10.1. The fourth-order valence-corrected chi connectivity index (χ4v) is 4.39. The molecule has 0 aliphatic carbocycles. The number of hydrogen-bond acceptors (Lipinski definition) is 4. The molecule has 1 aromatic carbocycles. The molecule has 2 heterocycles. The number of benzene rings is 1. The number of carbonyl (C=O) groups is 1. The molecule has 0 radical (unpaired) electrons. The second kappa shape index (κ2) is 5.85. The van der Waals surface area contributed by atoms with Crippen molar-refractivity contribution in [2.45, 2.75) is 44.2 Å². The molecule has 3 atom stereocenters. The second-order valence-electron chi connectivity index (χ2n) is 6.18. The van der Waals surface area contributed by atoms with Gasteiger partial charge in [0.2, 0.25) is 0 Å². The lowest BCUT2D eigenvalue weighted by atomic mass is 9.70. The van der Waals surface area contributed by atoms with Gasteiger partial charge < -0.3 is 4.74 Å². The van der Waals surface area contributed by atoms with Crippen LogP contribution in [0.4, 0.5) is 0 Å². The van der Waals surface area contributed by atoms with Crippen LogP contribution in [-0.4, -0.2) is 30.2 Å². The average Bonchev–Trinajstić information content (AvgIpc) is 2.75. The van der Waals surface area contributed by atoms with Crippen LogP contribution in [0.5, 0.6) is 0 Å². The van der Waals surface area contributed by atoms with Crippen LogP contribution >= 0.6 is 22.6 Å². The Morgan fingerprint density at radius 3 is 2.76 bits per heavy atom. The Morgan fingerprint density at radius 1 is 1.38 bits per heavy atom. The first kappa shape index (κ1) is 15.2. The summed E-state index contributed by atoms with van der Waals surface area (Å²) in [5.74, 6) is 6.15. The van der Waals surface area contributed by atoms with Crippen molar-refractivity contribution in [1.82, 2.24) is 5.01 Å². The van der Waals surface area contributed by atoms with E-state index in [4.69, 9.17) is 10.6 Å². The third-order valence-corrected chi connectivity index (χ3v) is 5.86. The summed E-state index contributed by atoms with van der Waals surface area (Å²) < 4.78 is 6.37. The maximum absolute atomic E-state index is 12.6. The standard InChI is InChI=1S/C16H21IN2O2/c1-21-15(20)16(10-11-2-4-12(17)5-3-11)9-8-13-6-7-14(16)19(13)18/h2-5,13-14H,6-10,18H2,1H3. The number of nitrogens with two attached hydrogens (primary N) is 1. The minimum absolute atomic E-state index is 0.1000. The Labute approximate surface area is 139 Å². The summed E-state index contributed by atoms with van der Waals surface area (Å²) in [5.41, 5.74) is 0.683. The molecule has 2 saturated heterocycles. The van der Waals surface area contributed by atoms with Crippen molar-refractivity contribution in [2.75, 3.05) is 7.11 Å². The summed E-state index contributed by atoms with van der Waals surface area (Å²) in [6, 6.07) is 8.92. The van der Waals surface area contributed by atoms with E-state index in [2.05, 4.69) is 46.9 Å². The number of rotatable bonds is 3. The molecule has 2 N–H and O–H groups in total. The zero-order valence-electron chi connectivity index (χ0n) is 12.2. The maximum Gasteiger partial charge on any atom is 0.313 e. The van der Waals surface area contributed by atoms with Crippen LogP contribution < -0.4 is 5.84 Å². The third kappa shape index (κ3) is 2.59. The summed E-state index contributed by atoms with van der Waals surface area (Å²) in [6.07, 6.45) is 4.63. The number of hydrogen-bond donors (Lipinski definition) is 1. The van der Waals surface area contributed by atoms with E-state index in [1.165, 1.54) is 16.2 Å². The highest BCUT2D eigenvalue weighted by Gasteiger charge is 2.55. The third-order valence-electron chi connectivity index (χ3n) is 5.14. The van der Waals surface area contributed by atoms with Crippen LogP contribution in [0.15, 0.2) is 24.3 Å². The monoisotopic (exact) mass is 400 g/mol. The summed E-state index contributed by atoms with van der Waals surface area (Å²) >= 11 is 2.29. The van der Waals surface area contributed by atoms with Crippen molar-refractivity contribution in [3.8, 4) is 0 Å². The number of esters is 1. The Hall–Kier alpha value is -0.660. The minimum Gasteiger partial charge on any atom is -0.469 e. The van der Waals surface area contributed by atoms with Crippen molar-refractivity contribution < 1.29 is 9.53 Å². The molecule has 1 aromatic rings. The van der Waals surface area contributed by atoms with Crippen molar-refractivity contribution in [3.63, 3.8) is 0 Å². The van der Waals surface area contributed by atoms with Gasteiger partial charge in [0.15, 0.2) is 0 Å². The van der Waals surface area contributed by atoms with Gasteiger partial charge in [-0.3, -0.25) is 10.6 Å². The molecule has 2 aliphatic heterocycles. The Bertz CT molecular complexity index is 534. The molecule has 5 heteroatoms. The van der Waals surface area contributed by atoms with E-state index in [-0.39, 0.29) is 12.0 Å². The van der Waals surface area contributed by atoms with Gasteiger partial charge in [-0.2, -0.15) is 0 Å². The van der Waals surface area contributed by atoms with Crippen LogP contribution in [0.1, 0.15) is 31.2 Å². The molecule has 114 valence electrons. The Balaban J connectivity index is 1.94. The molecule has 0 spiro atoms. The molecule has 0 amide bonds. The number of hydrazine groups is 1. The minimum atomic E-state index is -0.497. The summed E-state index contributed by atoms with van der Waals surface area (Å²) in [6.45, 7) is 0. The number of methoxy groups -OCH3 is 1. The van der Waals surface area contributed by atoms with E-state index >= 15 is 0 Å². The quantitative estimate of drug-likeness (QED) is 0.481. The van der Waals surface area contributed by atoms with Crippen molar-refractivity contribution in [2.24, 2.45) is 11.3 Å². The van der Waals surface area contributed by atoms with E-state index in [1.807, 2.05) is 5.01 Å². The number of carbonyl (C=O) groups excluding carboxylic acids is 1. The van der Waals surface area contributed by atoms with Gasteiger partial charge in [-0.25, -0.2) is 5.01 Å². The molecule has 0 saturated carbocycles. The van der Waals surface area contributed by atoms with Crippen LogP contribution in [0.25, 0.3) is 0 Å². The number of fused-ring (bicyclic) bond motifs is 2. The number of ether oxygens (including phenoxy) is 1. The molecule has 2 bridgehead atoms. The predicted octanol–water partition coefficient (Wildman–Crippen LogP) is 2.49. The maximum atomic E-state index is 12.6. The molecule has 3 rings (SSSR count). The highest BCUT2D eigenvalue weighted by Crippen LogP contribution is 2.47. The lowest BCUT2D eigenvalue weighted by Crippen LogP contribution is -2.58. The lowest BCUT2D eigenvalue weighted by molar-refractivity contribution is -0.161. The van der Waals surface area contributed by atoms with Gasteiger partial charge >= 0.3 is 5.97 Å². The summed E-state index contributed by atoms with van der Waals surface area (Å²) in [5, 5.41) is 1.92. The van der Waals surface area contributed by atoms with Crippen LogP contribution in [-0.2, 0) is 16.0 Å². The van der Waals surface area contributed by atoms with E-state index < -0.39 is 5.41 Å². The Morgan fingerprint density at radius 2 is 2.10 bits per heavy atom. The normalized spacial score (nSPS) is 32.1. The van der Waals surface area contributed by atoms with E-state index in [9.17, 15) is 4.79 Å². The topological polar surface area (TPSA) is 55.6 Å². The van der Waals surface area contributed by atoms with Crippen LogP contribution in [0.2, 0.25) is 0 Å². The zero-order valence-corrected chi connectivity index (χ0v) is 14.4. The highest BCUT2D eigenvalue weighted by atomic mass is 127. The van der Waals surface area contributed by atoms with E-state index in [1.54, 1.807) is 0 Å². The van der Waals surface area contributed by atoms with Gasteiger partial charge in [-0.15, -0.1) is 0 Å². The zero-order chi connectivity index (χ0) is 15.0.